The van der Waals surface area contributed by atoms with E-state index in [0.29, 0.717) is 17.5 Å². The van der Waals surface area contributed by atoms with Crippen molar-refractivity contribution in [1.82, 2.24) is 15.0 Å². The zero-order chi connectivity index (χ0) is 24.7. The maximum Gasteiger partial charge on any atom is 0.164 e. The Morgan fingerprint density at radius 1 is 0.417 bits per heavy atom. The maximum atomic E-state index is 4.95. The standard InChI is InChI=1S/C33H27N3/c1-33(2,3)29-18-16-24(17-19-29)30-34-31(27-14-12-22-8-4-6-10-25(22)20-27)36-32(35-30)28-15-13-23-9-5-7-11-26(23)21-28/h4-21H,1-3H3. The highest BCUT2D eigenvalue weighted by molar-refractivity contribution is 5.88. The average molecular weight is 466 g/mol. The van der Waals surface area contributed by atoms with Crippen LogP contribution in [0.5, 0.6) is 0 Å². The van der Waals surface area contributed by atoms with E-state index < -0.39 is 0 Å². The van der Waals surface area contributed by atoms with Crippen LogP contribution < -0.4 is 0 Å². The predicted molar refractivity (Wildman–Crippen MR) is 150 cm³/mol. The molecule has 0 saturated heterocycles. The molecule has 0 saturated carbocycles. The molecule has 6 rings (SSSR count). The van der Waals surface area contributed by atoms with Gasteiger partial charge in [0.15, 0.2) is 17.5 Å². The molecule has 0 bridgehead atoms. The Labute approximate surface area is 211 Å². The number of aromatic nitrogens is 3. The van der Waals surface area contributed by atoms with Crippen molar-refractivity contribution in [2.24, 2.45) is 0 Å². The lowest BCUT2D eigenvalue weighted by atomic mass is 9.87. The summed E-state index contributed by atoms with van der Waals surface area (Å²) < 4.78 is 0. The van der Waals surface area contributed by atoms with Crippen LogP contribution in [0.2, 0.25) is 0 Å². The van der Waals surface area contributed by atoms with Crippen molar-refractivity contribution >= 4 is 21.5 Å². The lowest BCUT2D eigenvalue weighted by molar-refractivity contribution is 0.590. The van der Waals surface area contributed by atoms with Crippen LogP contribution in [0, 0.1) is 0 Å². The molecule has 0 aliphatic rings. The second kappa shape index (κ2) is 8.69. The summed E-state index contributed by atoms with van der Waals surface area (Å²) in [5.41, 5.74) is 4.31. The van der Waals surface area contributed by atoms with Crippen LogP contribution in [-0.4, -0.2) is 15.0 Å². The monoisotopic (exact) mass is 465 g/mol. The van der Waals surface area contributed by atoms with Crippen LogP contribution in [0.25, 0.3) is 55.7 Å². The van der Waals surface area contributed by atoms with Crippen molar-refractivity contribution in [3.8, 4) is 34.2 Å². The molecule has 3 heteroatoms. The Balaban J connectivity index is 1.53. The van der Waals surface area contributed by atoms with E-state index in [4.69, 9.17) is 15.0 Å². The summed E-state index contributed by atoms with van der Waals surface area (Å²) in [6.07, 6.45) is 0. The highest BCUT2D eigenvalue weighted by atomic mass is 15.0. The third-order valence-electron chi connectivity index (χ3n) is 6.66. The molecule has 1 aromatic heterocycles. The van der Waals surface area contributed by atoms with Crippen LogP contribution in [0.1, 0.15) is 26.3 Å². The number of rotatable bonds is 3. The molecule has 0 unspecified atom stereocenters. The Hall–Kier alpha value is -4.37. The van der Waals surface area contributed by atoms with Gasteiger partial charge in [0.05, 0.1) is 0 Å². The molecule has 0 aliphatic heterocycles. The zero-order valence-corrected chi connectivity index (χ0v) is 20.7. The van der Waals surface area contributed by atoms with Gasteiger partial charge in [0.25, 0.3) is 0 Å². The van der Waals surface area contributed by atoms with Crippen LogP contribution >= 0.6 is 0 Å². The van der Waals surface area contributed by atoms with Crippen LogP contribution in [0.4, 0.5) is 0 Å². The molecule has 0 atom stereocenters. The van der Waals surface area contributed by atoms with Gasteiger partial charge in [-0.2, -0.15) is 0 Å². The summed E-state index contributed by atoms with van der Waals surface area (Å²) in [7, 11) is 0. The lowest BCUT2D eigenvalue weighted by Gasteiger charge is -2.19. The van der Waals surface area contributed by atoms with Crippen molar-refractivity contribution in [2.45, 2.75) is 26.2 Å². The van der Waals surface area contributed by atoms with E-state index in [9.17, 15) is 0 Å². The van der Waals surface area contributed by atoms with E-state index in [1.807, 2.05) is 0 Å². The number of hydrogen-bond donors (Lipinski definition) is 0. The first kappa shape index (κ1) is 22.1. The van der Waals surface area contributed by atoms with E-state index in [0.717, 1.165) is 16.7 Å². The molecule has 0 aliphatic carbocycles. The fourth-order valence-electron chi connectivity index (χ4n) is 4.54. The second-order valence-corrected chi connectivity index (χ2v) is 10.3. The van der Waals surface area contributed by atoms with Gasteiger partial charge < -0.3 is 0 Å². The van der Waals surface area contributed by atoms with E-state index >= 15 is 0 Å². The molecule has 174 valence electrons. The molecule has 0 N–H and O–H groups in total. The predicted octanol–water partition coefficient (Wildman–Crippen LogP) is 8.48. The summed E-state index contributed by atoms with van der Waals surface area (Å²) in [5.74, 6) is 2.03. The fourth-order valence-corrected chi connectivity index (χ4v) is 4.54. The molecule has 0 radical (unpaired) electrons. The van der Waals surface area contributed by atoms with Crippen molar-refractivity contribution < 1.29 is 0 Å². The van der Waals surface area contributed by atoms with E-state index in [-0.39, 0.29) is 5.41 Å². The summed E-state index contributed by atoms with van der Waals surface area (Å²) >= 11 is 0. The first-order valence-electron chi connectivity index (χ1n) is 12.3. The molecule has 1 heterocycles. The van der Waals surface area contributed by atoms with Gasteiger partial charge in [0.2, 0.25) is 0 Å². The SMILES string of the molecule is CC(C)(C)c1ccc(-c2nc(-c3ccc4ccccc4c3)nc(-c3ccc4ccccc4c3)n2)cc1. The summed E-state index contributed by atoms with van der Waals surface area (Å²) in [6.45, 7) is 6.67. The van der Waals surface area contributed by atoms with Gasteiger partial charge in [-0.1, -0.05) is 118 Å². The topological polar surface area (TPSA) is 38.7 Å². The Bertz CT molecular complexity index is 1610. The van der Waals surface area contributed by atoms with Gasteiger partial charge in [0.1, 0.15) is 0 Å². The highest BCUT2D eigenvalue weighted by Crippen LogP contribution is 2.30. The fraction of sp³-hybridized carbons (Fsp3) is 0.121. The molecule has 3 nitrogen and oxygen atoms in total. The van der Waals surface area contributed by atoms with Gasteiger partial charge in [0, 0.05) is 16.7 Å². The molecular formula is C33H27N3. The minimum Gasteiger partial charge on any atom is -0.208 e. The average Bonchev–Trinajstić information content (AvgIpc) is 2.92. The quantitative estimate of drug-likeness (QED) is 0.263. The molecule has 5 aromatic carbocycles. The van der Waals surface area contributed by atoms with Gasteiger partial charge in [-0.05, 0) is 44.7 Å². The third-order valence-corrected chi connectivity index (χ3v) is 6.66. The Morgan fingerprint density at radius 3 is 1.25 bits per heavy atom. The maximum absolute atomic E-state index is 4.95. The van der Waals surface area contributed by atoms with Gasteiger partial charge >= 0.3 is 0 Å². The largest absolute Gasteiger partial charge is 0.208 e. The normalized spacial score (nSPS) is 11.8. The minimum atomic E-state index is 0.0874. The van der Waals surface area contributed by atoms with E-state index in [2.05, 4.69) is 130 Å². The zero-order valence-electron chi connectivity index (χ0n) is 20.7. The van der Waals surface area contributed by atoms with Crippen molar-refractivity contribution in [2.75, 3.05) is 0 Å². The van der Waals surface area contributed by atoms with Gasteiger partial charge in [-0.25, -0.2) is 15.0 Å². The number of nitrogens with zero attached hydrogens (tertiary/aromatic N) is 3. The third kappa shape index (κ3) is 4.25. The van der Waals surface area contributed by atoms with Crippen LogP contribution in [-0.2, 0) is 5.41 Å². The number of hydrogen-bond acceptors (Lipinski definition) is 3. The molecule has 0 spiro atoms. The molecule has 0 fully saturated rings. The highest BCUT2D eigenvalue weighted by Gasteiger charge is 2.16. The first-order valence-corrected chi connectivity index (χ1v) is 12.3. The van der Waals surface area contributed by atoms with Crippen molar-refractivity contribution in [3.05, 3.63) is 115 Å². The Morgan fingerprint density at radius 2 is 0.806 bits per heavy atom. The van der Waals surface area contributed by atoms with Crippen LogP contribution in [0.15, 0.2) is 109 Å². The first-order chi connectivity index (χ1) is 17.4. The second-order valence-electron chi connectivity index (χ2n) is 10.3. The van der Waals surface area contributed by atoms with E-state index in [1.54, 1.807) is 0 Å². The van der Waals surface area contributed by atoms with E-state index in [1.165, 1.54) is 27.1 Å². The summed E-state index contributed by atoms with van der Waals surface area (Å²) in [6, 6.07) is 38.0. The molecule has 0 amide bonds. The van der Waals surface area contributed by atoms with Crippen molar-refractivity contribution in [1.29, 1.82) is 0 Å². The number of benzene rings is 5. The Kier molecular flexibility index (Phi) is 5.34. The minimum absolute atomic E-state index is 0.0874. The van der Waals surface area contributed by atoms with Gasteiger partial charge in [-0.15, -0.1) is 0 Å². The molecular weight excluding hydrogens is 438 g/mol. The van der Waals surface area contributed by atoms with Crippen molar-refractivity contribution in [3.63, 3.8) is 0 Å². The summed E-state index contributed by atoms with van der Waals surface area (Å²) in [5, 5.41) is 4.73. The van der Waals surface area contributed by atoms with Crippen LogP contribution in [0.3, 0.4) is 0 Å². The van der Waals surface area contributed by atoms with Gasteiger partial charge in [-0.3, -0.25) is 0 Å². The number of fused-ring (bicyclic) bond motifs is 2. The lowest BCUT2D eigenvalue weighted by Crippen LogP contribution is -2.10. The molecule has 6 aromatic rings. The summed E-state index contributed by atoms with van der Waals surface area (Å²) in [4.78, 5) is 14.8. The molecule has 36 heavy (non-hydrogen) atoms. The smallest absolute Gasteiger partial charge is 0.164 e.